The van der Waals surface area contributed by atoms with E-state index in [9.17, 15) is 17.6 Å². The quantitative estimate of drug-likeness (QED) is 0.619. The highest BCUT2D eigenvalue weighted by atomic mass is 32.2. The molecule has 1 aromatic carbocycles. The van der Waals surface area contributed by atoms with Gasteiger partial charge in [0.1, 0.15) is 5.82 Å². The van der Waals surface area contributed by atoms with Crippen molar-refractivity contribution in [2.45, 2.75) is 12.5 Å². The number of hydrogen-bond donors (Lipinski definition) is 0. The first-order chi connectivity index (χ1) is 10.3. The number of hydrogen-bond acceptors (Lipinski definition) is 4. The molecule has 2 rings (SSSR count). The van der Waals surface area contributed by atoms with E-state index in [2.05, 4.69) is 0 Å². The summed E-state index contributed by atoms with van der Waals surface area (Å²) in [7, 11) is 0.312. The topological polar surface area (TPSA) is 57.7 Å². The molecule has 120 valence electrons. The summed E-state index contributed by atoms with van der Waals surface area (Å²) in [5, 5.41) is 3.02. The summed E-state index contributed by atoms with van der Waals surface area (Å²) in [6, 6.07) is 5.54. The number of nitrogens with zero attached hydrogens (tertiary/aromatic N) is 2. The van der Waals surface area contributed by atoms with Crippen LogP contribution >= 0.6 is 0 Å². The predicted octanol–water partition coefficient (Wildman–Crippen LogP) is 1.33. The van der Waals surface area contributed by atoms with Crippen LogP contribution in [0.4, 0.5) is 4.39 Å². The molecule has 1 aliphatic heterocycles. The molecule has 1 aliphatic rings. The van der Waals surface area contributed by atoms with Gasteiger partial charge in [0.2, 0.25) is 0 Å². The van der Waals surface area contributed by atoms with Gasteiger partial charge in [0.15, 0.2) is 9.84 Å². The van der Waals surface area contributed by atoms with Gasteiger partial charge in [-0.1, -0.05) is 12.1 Å². The maximum atomic E-state index is 13.1. The summed E-state index contributed by atoms with van der Waals surface area (Å²) in [6.07, 6.45) is 3.28. The molecule has 0 radical (unpaired) electrons. The second-order valence-corrected chi connectivity index (χ2v) is 7.70. The molecule has 0 spiro atoms. The normalized spacial score (nSPS) is 20.6. The number of amides is 1. The molecule has 0 aromatic heterocycles. The number of carbonyl (C=O) groups is 1. The van der Waals surface area contributed by atoms with Crippen LogP contribution < -0.4 is 0 Å². The van der Waals surface area contributed by atoms with Gasteiger partial charge in [-0.05, 0) is 30.2 Å². The third-order valence-electron chi connectivity index (χ3n) is 3.48. The Morgan fingerprint density at radius 3 is 2.64 bits per heavy atom. The molecule has 5 nitrogen and oxygen atoms in total. The van der Waals surface area contributed by atoms with Gasteiger partial charge in [0, 0.05) is 20.2 Å². The van der Waals surface area contributed by atoms with Crippen LogP contribution in [0.15, 0.2) is 30.3 Å². The van der Waals surface area contributed by atoms with Crippen molar-refractivity contribution in [3.05, 3.63) is 41.7 Å². The standard InChI is InChI=1S/C15H19FN2O3S/c1-17(2)18(14-8-9-22(20,21)11-14)15(19)7-6-12-4-3-5-13(16)10-12/h3-7,10,14H,8-9,11H2,1-2H3/b7-6+. The van der Waals surface area contributed by atoms with Gasteiger partial charge in [-0.15, -0.1) is 0 Å². The molecule has 1 heterocycles. The number of benzene rings is 1. The molecule has 1 unspecified atom stereocenters. The first-order valence-corrected chi connectivity index (χ1v) is 8.75. The zero-order valence-electron chi connectivity index (χ0n) is 12.6. The van der Waals surface area contributed by atoms with E-state index < -0.39 is 9.84 Å². The average Bonchev–Trinajstić information content (AvgIpc) is 2.76. The molecule has 1 aromatic rings. The SMILES string of the molecule is CN(C)N(C(=O)/C=C/c1cccc(F)c1)C1CCS(=O)(=O)C1. The van der Waals surface area contributed by atoms with E-state index >= 15 is 0 Å². The smallest absolute Gasteiger partial charge is 0.261 e. The number of halogens is 1. The molecule has 1 fully saturated rings. The summed E-state index contributed by atoms with van der Waals surface area (Å²) in [5.41, 5.74) is 0.575. The lowest BCUT2D eigenvalue weighted by Gasteiger charge is -2.32. The van der Waals surface area contributed by atoms with E-state index in [1.165, 1.54) is 29.3 Å². The van der Waals surface area contributed by atoms with Crippen LogP contribution in [0.1, 0.15) is 12.0 Å². The molecule has 22 heavy (non-hydrogen) atoms. The third-order valence-corrected chi connectivity index (χ3v) is 5.23. The molecule has 0 bridgehead atoms. The molecule has 0 saturated carbocycles. The highest BCUT2D eigenvalue weighted by molar-refractivity contribution is 7.91. The fraction of sp³-hybridized carbons (Fsp3) is 0.400. The molecule has 0 aliphatic carbocycles. The maximum absolute atomic E-state index is 13.1. The largest absolute Gasteiger partial charge is 0.268 e. The van der Waals surface area contributed by atoms with Crippen LogP contribution in [0.5, 0.6) is 0 Å². The zero-order chi connectivity index (χ0) is 16.3. The van der Waals surface area contributed by atoms with Crippen molar-refractivity contribution < 1.29 is 17.6 Å². The van der Waals surface area contributed by atoms with Crippen molar-refractivity contribution >= 4 is 21.8 Å². The van der Waals surface area contributed by atoms with Crippen LogP contribution in [0, 0.1) is 5.82 Å². The number of rotatable bonds is 4. The first-order valence-electron chi connectivity index (χ1n) is 6.93. The first kappa shape index (κ1) is 16.6. The Morgan fingerprint density at radius 2 is 2.09 bits per heavy atom. The minimum absolute atomic E-state index is 0.0231. The van der Waals surface area contributed by atoms with E-state index in [1.54, 1.807) is 31.2 Å². The third kappa shape index (κ3) is 4.14. The molecular formula is C15H19FN2O3S. The Hall–Kier alpha value is -1.73. The van der Waals surface area contributed by atoms with Crippen LogP contribution in [0.25, 0.3) is 6.08 Å². The highest BCUT2D eigenvalue weighted by Gasteiger charge is 2.35. The Morgan fingerprint density at radius 1 is 1.36 bits per heavy atom. The van der Waals surface area contributed by atoms with Crippen molar-refractivity contribution in [2.75, 3.05) is 25.6 Å². The summed E-state index contributed by atoms with van der Waals surface area (Å²) in [5.74, 6) is -0.620. The molecule has 1 atom stereocenters. The lowest BCUT2D eigenvalue weighted by Crippen LogP contribution is -2.48. The zero-order valence-corrected chi connectivity index (χ0v) is 13.4. The van der Waals surface area contributed by atoms with Crippen molar-refractivity contribution in [3.8, 4) is 0 Å². The Kier molecular flexibility index (Phi) is 4.97. The van der Waals surface area contributed by atoms with E-state index in [4.69, 9.17) is 0 Å². The van der Waals surface area contributed by atoms with Gasteiger partial charge < -0.3 is 0 Å². The maximum Gasteiger partial charge on any atom is 0.261 e. The molecule has 7 heteroatoms. The second kappa shape index (κ2) is 6.58. The van der Waals surface area contributed by atoms with Crippen molar-refractivity contribution in [1.29, 1.82) is 0 Å². The Labute approximate surface area is 129 Å². The van der Waals surface area contributed by atoms with E-state index in [1.807, 2.05) is 0 Å². The fourth-order valence-corrected chi connectivity index (χ4v) is 4.22. The number of hydrazine groups is 1. The fourth-order valence-electron chi connectivity index (χ4n) is 2.53. The highest BCUT2D eigenvalue weighted by Crippen LogP contribution is 2.19. The Balaban J connectivity index is 2.14. The number of carbonyl (C=O) groups excluding carboxylic acids is 1. The predicted molar refractivity (Wildman–Crippen MR) is 83.0 cm³/mol. The van der Waals surface area contributed by atoms with Gasteiger partial charge in [-0.3, -0.25) is 9.80 Å². The van der Waals surface area contributed by atoms with E-state index in [0.717, 1.165) is 0 Å². The molecule has 1 amide bonds. The van der Waals surface area contributed by atoms with Gasteiger partial charge >= 0.3 is 0 Å². The average molecular weight is 326 g/mol. The van der Waals surface area contributed by atoms with Gasteiger partial charge in [0.05, 0.1) is 17.5 Å². The van der Waals surface area contributed by atoms with Crippen LogP contribution in [0.2, 0.25) is 0 Å². The van der Waals surface area contributed by atoms with Crippen LogP contribution in [-0.2, 0) is 14.6 Å². The minimum atomic E-state index is -3.07. The monoisotopic (exact) mass is 326 g/mol. The summed E-state index contributed by atoms with van der Waals surface area (Å²) in [4.78, 5) is 12.3. The van der Waals surface area contributed by atoms with Gasteiger partial charge in [-0.2, -0.15) is 0 Å². The second-order valence-electron chi connectivity index (χ2n) is 5.48. The lowest BCUT2D eigenvalue weighted by molar-refractivity contribution is -0.143. The van der Waals surface area contributed by atoms with Gasteiger partial charge in [-0.25, -0.2) is 17.8 Å². The van der Waals surface area contributed by atoms with E-state index in [0.29, 0.717) is 12.0 Å². The van der Waals surface area contributed by atoms with E-state index in [-0.39, 0.29) is 29.3 Å². The lowest BCUT2D eigenvalue weighted by atomic mass is 10.2. The molecular weight excluding hydrogens is 307 g/mol. The summed E-state index contributed by atoms with van der Waals surface area (Å²) < 4.78 is 36.3. The molecule has 1 saturated heterocycles. The Bertz CT molecular complexity index is 686. The molecule has 0 N–H and O–H groups in total. The number of sulfone groups is 1. The van der Waals surface area contributed by atoms with Crippen LogP contribution in [-0.4, -0.2) is 56.0 Å². The van der Waals surface area contributed by atoms with Crippen molar-refractivity contribution in [2.24, 2.45) is 0 Å². The summed E-state index contributed by atoms with van der Waals surface area (Å²) >= 11 is 0. The van der Waals surface area contributed by atoms with Crippen LogP contribution in [0.3, 0.4) is 0 Å². The summed E-state index contributed by atoms with van der Waals surface area (Å²) in [6.45, 7) is 0. The van der Waals surface area contributed by atoms with Gasteiger partial charge in [0.25, 0.3) is 5.91 Å². The minimum Gasteiger partial charge on any atom is -0.268 e. The van der Waals surface area contributed by atoms with Crippen molar-refractivity contribution in [1.82, 2.24) is 10.0 Å². The van der Waals surface area contributed by atoms with Crippen molar-refractivity contribution in [3.63, 3.8) is 0 Å².